The molecule has 1 atom stereocenters. The maximum atomic E-state index is 14.3. The van der Waals surface area contributed by atoms with E-state index in [9.17, 15) is 4.39 Å². The van der Waals surface area contributed by atoms with E-state index in [-0.39, 0.29) is 35.8 Å². The first-order chi connectivity index (χ1) is 13.0. The van der Waals surface area contributed by atoms with Gasteiger partial charge in [0.15, 0.2) is 23.4 Å². The predicted octanol–water partition coefficient (Wildman–Crippen LogP) is 3.39. The monoisotopic (exact) mass is 503 g/mol. The van der Waals surface area contributed by atoms with E-state index in [2.05, 4.69) is 25.8 Å². The summed E-state index contributed by atoms with van der Waals surface area (Å²) < 4.78 is 24.9. The number of aryl methyl sites for hydroxylation is 1. The summed E-state index contributed by atoms with van der Waals surface area (Å²) in [5, 5.41) is 10.2. The van der Waals surface area contributed by atoms with Gasteiger partial charge in [-0.05, 0) is 50.3 Å². The lowest BCUT2D eigenvalue weighted by atomic mass is 10.1. The number of benzene rings is 1. The summed E-state index contributed by atoms with van der Waals surface area (Å²) in [7, 11) is 1.69. The molecular formula is C19H27FIN5O2. The largest absolute Gasteiger partial charge is 0.490 e. The van der Waals surface area contributed by atoms with Gasteiger partial charge in [0.1, 0.15) is 0 Å². The lowest BCUT2D eigenvalue weighted by Crippen LogP contribution is -2.39. The fraction of sp³-hybridized carbons (Fsp3) is 0.526. The number of halogens is 2. The van der Waals surface area contributed by atoms with Crippen LogP contribution in [0.1, 0.15) is 43.1 Å². The van der Waals surface area contributed by atoms with E-state index in [1.807, 2.05) is 13.0 Å². The Hall–Kier alpha value is -1.91. The van der Waals surface area contributed by atoms with Crippen molar-refractivity contribution >= 4 is 29.9 Å². The maximum absolute atomic E-state index is 14.3. The van der Waals surface area contributed by atoms with E-state index in [0.717, 1.165) is 5.56 Å². The van der Waals surface area contributed by atoms with Gasteiger partial charge in [-0.1, -0.05) is 11.2 Å². The van der Waals surface area contributed by atoms with Crippen LogP contribution in [0, 0.1) is 18.7 Å². The van der Waals surface area contributed by atoms with Gasteiger partial charge >= 0.3 is 0 Å². The third kappa shape index (κ3) is 6.61. The summed E-state index contributed by atoms with van der Waals surface area (Å²) in [6, 6.07) is 4.96. The quantitative estimate of drug-likeness (QED) is 0.327. The summed E-state index contributed by atoms with van der Waals surface area (Å²) in [4.78, 5) is 8.35. The Morgan fingerprint density at radius 3 is 2.82 bits per heavy atom. The highest BCUT2D eigenvalue weighted by Crippen LogP contribution is 2.30. The Balaban J connectivity index is 0.00000280. The van der Waals surface area contributed by atoms with Crippen molar-refractivity contribution in [3.8, 4) is 5.75 Å². The van der Waals surface area contributed by atoms with Gasteiger partial charge in [-0.3, -0.25) is 4.99 Å². The van der Waals surface area contributed by atoms with E-state index < -0.39 is 0 Å². The smallest absolute Gasteiger partial charge is 0.228 e. The average Bonchev–Trinajstić information content (AvgIpc) is 3.40. The van der Waals surface area contributed by atoms with Crippen LogP contribution >= 0.6 is 24.0 Å². The number of ether oxygens (including phenoxy) is 1. The molecule has 28 heavy (non-hydrogen) atoms. The highest BCUT2D eigenvalue weighted by molar-refractivity contribution is 14.0. The van der Waals surface area contributed by atoms with Gasteiger partial charge in [0.25, 0.3) is 0 Å². The van der Waals surface area contributed by atoms with Gasteiger partial charge in [0.05, 0.1) is 12.6 Å². The van der Waals surface area contributed by atoms with Gasteiger partial charge in [-0.15, -0.1) is 24.0 Å². The Morgan fingerprint density at radius 2 is 2.21 bits per heavy atom. The van der Waals surface area contributed by atoms with Gasteiger partial charge in [0, 0.05) is 20.0 Å². The minimum atomic E-state index is -0.337. The molecule has 2 N–H and O–H groups in total. The molecule has 1 aromatic carbocycles. The van der Waals surface area contributed by atoms with E-state index in [1.165, 1.54) is 18.9 Å². The van der Waals surface area contributed by atoms with Crippen LogP contribution < -0.4 is 15.4 Å². The molecule has 7 nitrogen and oxygen atoms in total. The predicted molar refractivity (Wildman–Crippen MR) is 116 cm³/mol. The van der Waals surface area contributed by atoms with Crippen LogP contribution in [0.3, 0.4) is 0 Å². The number of hydrogen-bond acceptors (Lipinski definition) is 5. The van der Waals surface area contributed by atoms with E-state index in [1.54, 1.807) is 20.0 Å². The van der Waals surface area contributed by atoms with Crippen LogP contribution in [0.15, 0.2) is 27.7 Å². The number of aliphatic imine (C=N–C) groups is 1. The second-order valence-electron chi connectivity index (χ2n) is 6.79. The Labute approximate surface area is 181 Å². The number of hydrogen-bond donors (Lipinski definition) is 2. The lowest BCUT2D eigenvalue weighted by Gasteiger charge is -2.18. The summed E-state index contributed by atoms with van der Waals surface area (Å²) >= 11 is 0. The van der Waals surface area contributed by atoms with Crippen molar-refractivity contribution in [1.29, 1.82) is 0 Å². The molecular weight excluding hydrogens is 476 g/mol. The Morgan fingerprint density at radius 1 is 1.43 bits per heavy atom. The van der Waals surface area contributed by atoms with Gasteiger partial charge in [-0.25, -0.2) is 4.39 Å². The third-order valence-corrected chi connectivity index (χ3v) is 4.41. The fourth-order valence-electron chi connectivity index (χ4n) is 2.61. The zero-order chi connectivity index (χ0) is 19.2. The van der Waals surface area contributed by atoms with E-state index in [4.69, 9.17) is 9.26 Å². The first-order valence-electron chi connectivity index (χ1n) is 9.23. The van der Waals surface area contributed by atoms with Crippen molar-refractivity contribution in [2.24, 2.45) is 10.9 Å². The number of guanidine groups is 1. The van der Waals surface area contributed by atoms with Crippen molar-refractivity contribution in [1.82, 2.24) is 20.8 Å². The number of rotatable bonds is 8. The second-order valence-corrected chi connectivity index (χ2v) is 6.79. The summed E-state index contributed by atoms with van der Waals surface area (Å²) in [6.45, 7) is 4.92. The average molecular weight is 503 g/mol. The molecule has 0 saturated heterocycles. The van der Waals surface area contributed by atoms with Gasteiger partial charge in [-0.2, -0.15) is 4.98 Å². The molecule has 1 aromatic heterocycles. The molecule has 3 rings (SSSR count). The normalized spacial score (nSPS) is 14.9. The molecule has 1 aliphatic carbocycles. The van der Waals surface area contributed by atoms with Crippen molar-refractivity contribution in [2.75, 3.05) is 20.2 Å². The molecule has 1 heterocycles. The number of nitrogens with zero attached hydrogens (tertiary/aromatic N) is 3. The zero-order valence-electron chi connectivity index (χ0n) is 16.4. The molecule has 9 heteroatoms. The van der Waals surface area contributed by atoms with Crippen LogP contribution in [-0.4, -0.2) is 36.3 Å². The van der Waals surface area contributed by atoms with Crippen LogP contribution in [0.2, 0.25) is 0 Å². The molecule has 1 aliphatic rings. The molecule has 1 fully saturated rings. The van der Waals surface area contributed by atoms with Crippen LogP contribution in [0.25, 0.3) is 0 Å². The lowest BCUT2D eigenvalue weighted by molar-refractivity contribution is 0.285. The van der Waals surface area contributed by atoms with Gasteiger partial charge in [0.2, 0.25) is 5.89 Å². The van der Waals surface area contributed by atoms with Crippen molar-refractivity contribution in [3.05, 3.63) is 41.3 Å². The molecule has 0 bridgehead atoms. The minimum absolute atomic E-state index is 0. The maximum Gasteiger partial charge on any atom is 0.228 e. The van der Waals surface area contributed by atoms with Crippen molar-refractivity contribution < 1.29 is 13.7 Å². The summed E-state index contributed by atoms with van der Waals surface area (Å²) in [6.07, 6.45) is 2.95. The Kier molecular flexibility index (Phi) is 8.46. The topological polar surface area (TPSA) is 84.6 Å². The van der Waals surface area contributed by atoms with E-state index >= 15 is 0 Å². The van der Waals surface area contributed by atoms with E-state index in [0.29, 0.717) is 48.9 Å². The highest BCUT2D eigenvalue weighted by Gasteiger charge is 2.22. The molecule has 1 saturated carbocycles. The standard InChI is InChI=1S/C19H26FN5O2.HI/c1-12(15-6-7-17(16(20)10-15)26-11-14-4-5-14)23-19(21-3)22-9-8-18-24-13(2)25-27-18;/h6-7,10,12,14H,4-5,8-9,11H2,1-3H3,(H2,21,22,23);1H. The van der Waals surface area contributed by atoms with Crippen LogP contribution in [0.5, 0.6) is 5.75 Å². The summed E-state index contributed by atoms with van der Waals surface area (Å²) in [5.74, 6) is 2.38. The van der Waals surface area contributed by atoms with Crippen LogP contribution in [-0.2, 0) is 6.42 Å². The third-order valence-electron chi connectivity index (χ3n) is 4.41. The first-order valence-corrected chi connectivity index (χ1v) is 9.23. The fourth-order valence-corrected chi connectivity index (χ4v) is 2.61. The van der Waals surface area contributed by atoms with Crippen molar-refractivity contribution in [2.45, 2.75) is 39.2 Å². The number of nitrogens with one attached hydrogen (secondary N) is 2. The van der Waals surface area contributed by atoms with Gasteiger partial charge < -0.3 is 19.9 Å². The van der Waals surface area contributed by atoms with Crippen LogP contribution in [0.4, 0.5) is 4.39 Å². The molecule has 0 spiro atoms. The Bertz CT molecular complexity index is 794. The SMILES string of the molecule is CN=C(NCCc1nc(C)no1)NC(C)c1ccc(OCC2CC2)c(F)c1.I. The van der Waals surface area contributed by atoms with Crippen molar-refractivity contribution in [3.63, 3.8) is 0 Å². The second kappa shape index (κ2) is 10.6. The zero-order valence-corrected chi connectivity index (χ0v) is 18.7. The molecule has 154 valence electrons. The molecule has 0 amide bonds. The summed E-state index contributed by atoms with van der Waals surface area (Å²) in [5.41, 5.74) is 0.821. The number of aromatic nitrogens is 2. The molecule has 0 radical (unpaired) electrons. The highest BCUT2D eigenvalue weighted by atomic mass is 127. The molecule has 1 unspecified atom stereocenters. The molecule has 2 aromatic rings. The first kappa shape index (κ1) is 22.4. The molecule has 0 aliphatic heterocycles. The minimum Gasteiger partial charge on any atom is -0.490 e.